The number of aromatic nitrogens is 1. The SMILES string of the molecule is Cc1ccc(S(=O)(=O)NCC(c2ccccc2)c2c[nH]c3ccccc23)cc1. The van der Waals surface area contributed by atoms with Crippen LogP contribution in [0.15, 0.2) is 90.0 Å². The summed E-state index contributed by atoms with van der Waals surface area (Å²) in [6.45, 7) is 2.22. The van der Waals surface area contributed by atoms with Crippen LogP contribution in [0, 0.1) is 6.92 Å². The maximum absolute atomic E-state index is 12.8. The second-order valence-electron chi connectivity index (χ2n) is 6.92. The zero-order chi connectivity index (χ0) is 19.6. The lowest BCUT2D eigenvalue weighted by Gasteiger charge is -2.18. The van der Waals surface area contributed by atoms with E-state index in [1.165, 1.54) is 0 Å². The van der Waals surface area contributed by atoms with Gasteiger partial charge in [-0.15, -0.1) is 0 Å². The molecule has 0 spiro atoms. The second-order valence-corrected chi connectivity index (χ2v) is 8.68. The molecule has 3 aromatic carbocycles. The van der Waals surface area contributed by atoms with Gasteiger partial charge in [-0.2, -0.15) is 0 Å². The Kier molecular flexibility index (Phi) is 5.03. The summed E-state index contributed by atoms with van der Waals surface area (Å²) in [6.07, 6.45) is 1.97. The summed E-state index contributed by atoms with van der Waals surface area (Å²) < 4.78 is 28.4. The number of benzene rings is 3. The molecule has 0 amide bonds. The minimum absolute atomic E-state index is 0.0995. The smallest absolute Gasteiger partial charge is 0.240 e. The topological polar surface area (TPSA) is 62.0 Å². The van der Waals surface area contributed by atoms with Crippen molar-refractivity contribution < 1.29 is 8.42 Å². The van der Waals surface area contributed by atoms with Crippen LogP contribution in [-0.4, -0.2) is 19.9 Å². The first-order chi connectivity index (χ1) is 13.5. The van der Waals surface area contributed by atoms with Gasteiger partial charge in [0.1, 0.15) is 0 Å². The zero-order valence-electron chi connectivity index (χ0n) is 15.6. The van der Waals surface area contributed by atoms with Gasteiger partial charge in [0.25, 0.3) is 0 Å². The molecule has 4 rings (SSSR count). The van der Waals surface area contributed by atoms with E-state index in [1.807, 2.05) is 73.8 Å². The van der Waals surface area contributed by atoms with Crippen molar-refractivity contribution in [2.24, 2.45) is 0 Å². The Morgan fingerprint density at radius 2 is 1.57 bits per heavy atom. The third-order valence-electron chi connectivity index (χ3n) is 5.01. The molecule has 0 saturated carbocycles. The van der Waals surface area contributed by atoms with E-state index in [1.54, 1.807) is 12.1 Å². The van der Waals surface area contributed by atoms with E-state index >= 15 is 0 Å². The van der Waals surface area contributed by atoms with Crippen molar-refractivity contribution in [1.29, 1.82) is 0 Å². The van der Waals surface area contributed by atoms with Gasteiger partial charge in [0.15, 0.2) is 0 Å². The molecular formula is C23H22N2O2S. The molecule has 4 nitrogen and oxygen atoms in total. The van der Waals surface area contributed by atoms with Crippen molar-refractivity contribution in [3.63, 3.8) is 0 Å². The van der Waals surface area contributed by atoms with Gasteiger partial charge >= 0.3 is 0 Å². The molecule has 0 fully saturated rings. The third-order valence-corrected chi connectivity index (χ3v) is 6.45. The van der Waals surface area contributed by atoms with Gasteiger partial charge in [0.2, 0.25) is 10.0 Å². The van der Waals surface area contributed by atoms with E-state index in [4.69, 9.17) is 0 Å². The molecule has 1 heterocycles. The summed E-state index contributed by atoms with van der Waals surface area (Å²) in [7, 11) is -3.58. The number of aryl methyl sites for hydroxylation is 1. The van der Waals surface area contributed by atoms with Crippen LogP contribution in [0.2, 0.25) is 0 Å². The Bertz CT molecular complexity index is 1180. The number of sulfonamides is 1. The van der Waals surface area contributed by atoms with Gasteiger partial charge in [0.05, 0.1) is 4.90 Å². The molecule has 28 heavy (non-hydrogen) atoms. The fourth-order valence-corrected chi connectivity index (χ4v) is 4.52. The minimum Gasteiger partial charge on any atom is -0.361 e. The maximum Gasteiger partial charge on any atom is 0.240 e. The average Bonchev–Trinajstić information content (AvgIpc) is 3.13. The lowest BCUT2D eigenvalue weighted by Crippen LogP contribution is -2.29. The minimum atomic E-state index is -3.58. The maximum atomic E-state index is 12.8. The molecule has 0 aliphatic carbocycles. The number of H-pyrrole nitrogens is 1. The fourth-order valence-electron chi connectivity index (χ4n) is 3.47. The Morgan fingerprint density at radius 3 is 2.32 bits per heavy atom. The van der Waals surface area contributed by atoms with Crippen LogP contribution in [-0.2, 0) is 10.0 Å². The number of hydrogen-bond acceptors (Lipinski definition) is 2. The van der Waals surface area contributed by atoms with Crippen molar-refractivity contribution in [3.8, 4) is 0 Å². The van der Waals surface area contributed by atoms with Crippen molar-refractivity contribution in [2.75, 3.05) is 6.54 Å². The number of fused-ring (bicyclic) bond motifs is 1. The summed E-state index contributed by atoms with van der Waals surface area (Å²) >= 11 is 0. The normalized spacial score (nSPS) is 12.9. The van der Waals surface area contributed by atoms with Crippen molar-refractivity contribution in [3.05, 3.63) is 102 Å². The predicted molar refractivity (Wildman–Crippen MR) is 113 cm³/mol. The van der Waals surface area contributed by atoms with Crippen LogP contribution in [0.5, 0.6) is 0 Å². The van der Waals surface area contributed by atoms with Crippen LogP contribution in [0.4, 0.5) is 0 Å². The van der Waals surface area contributed by atoms with Gasteiger partial charge in [-0.25, -0.2) is 13.1 Å². The van der Waals surface area contributed by atoms with E-state index in [2.05, 4.69) is 15.8 Å². The third kappa shape index (κ3) is 3.72. The molecular weight excluding hydrogens is 368 g/mol. The van der Waals surface area contributed by atoms with Crippen LogP contribution in [0.3, 0.4) is 0 Å². The summed E-state index contributed by atoms with van der Waals surface area (Å²) in [5, 5.41) is 1.10. The monoisotopic (exact) mass is 390 g/mol. The lowest BCUT2D eigenvalue weighted by molar-refractivity contribution is 0.577. The number of nitrogens with one attached hydrogen (secondary N) is 2. The Balaban J connectivity index is 1.68. The quantitative estimate of drug-likeness (QED) is 0.506. The fraction of sp³-hybridized carbons (Fsp3) is 0.130. The summed E-state index contributed by atoms with van der Waals surface area (Å²) in [5.74, 6) is -0.0995. The van der Waals surface area contributed by atoms with Crippen molar-refractivity contribution in [2.45, 2.75) is 17.7 Å². The molecule has 0 aliphatic rings. The van der Waals surface area contributed by atoms with Crippen LogP contribution in [0.1, 0.15) is 22.6 Å². The highest BCUT2D eigenvalue weighted by Gasteiger charge is 2.21. The molecule has 4 aromatic rings. The molecule has 5 heteroatoms. The van der Waals surface area contributed by atoms with Gasteiger partial charge < -0.3 is 4.98 Å². The lowest BCUT2D eigenvalue weighted by atomic mass is 9.91. The number of hydrogen-bond donors (Lipinski definition) is 2. The second kappa shape index (κ2) is 7.62. The molecule has 0 bridgehead atoms. The number of aromatic amines is 1. The molecule has 1 unspecified atom stereocenters. The van der Waals surface area contributed by atoms with E-state index in [0.717, 1.165) is 27.6 Å². The standard InChI is InChI=1S/C23H22N2O2S/c1-17-11-13-19(14-12-17)28(26,27)25-16-21(18-7-3-2-4-8-18)22-15-24-23-10-6-5-9-20(22)23/h2-15,21,24-25H,16H2,1H3. The zero-order valence-corrected chi connectivity index (χ0v) is 16.4. The highest BCUT2D eigenvalue weighted by molar-refractivity contribution is 7.89. The predicted octanol–water partition coefficient (Wildman–Crippen LogP) is 4.59. The van der Waals surface area contributed by atoms with E-state index in [9.17, 15) is 8.42 Å². The largest absolute Gasteiger partial charge is 0.361 e. The molecule has 1 aromatic heterocycles. The summed E-state index contributed by atoms with van der Waals surface area (Å²) in [4.78, 5) is 3.58. The molecule has 0 saturated heterocycles. The van der Waals surface area contributed by atoms with E-state index in [-0.39, 0.29) is 17.4 Å². The van der Waals surface area contributed by atoms with Crippen LogP contribution in [0.25, 0.3) is 10.9 Å². The van der Waals surface area contributed by atoms with E-state index in [0.29, 0.717) is 0 Å². The van der Waals surface area contributed by atoms with Crippen molar-refractivity contribution in [1.82, 2.24) is 9.71 Å². The van der Waals surface area contributed by atoms with Gasteiger partial charge in [-0.3, -0.25) is 0 Å². The highest BCUT2D eigenvalue weighted by atomic mass is 32.2. The molecule has 142 valence electrons. The first kappa shape index (κ1) is 18.5. The average molecular weight is 391 g/mol. The highest BCUT2D eigenvalue weighted by Crippen LogP contribution is 2.30. The first-order valence-electron chi connectivity index (χ1n) is 9.22. The summed E-state index contributed by atoms with van der Waals surface area (Å²) in [5.41, 5.74) is 4.21. The first-order valence-corrected chi connectivity index (χ1v) is 10.7. The van der Waals surface area contributed by atoms with Gasteiger partial charge in [0, 0.05) is 29.6 Å². The van der Waals surface area contributed by atoms with Crippen molar-refractivity contribution >= 4 is 20.9 Å². The summed E-state index contributed by atoms with van der Waals surface area (Å²) in [6, 6.07) is 25.0. The molecule has 1 atom stereocenters. The Labute approximate surface area is 165 Å². The number of rotatable bonds is 6. The van der Waals surface area contributed by atoms with Gasteiger partial charge in [-0.05, 0) is 36.2 Å². The van der Waals surface area contributed by atoms with Crippen LogP contribution >= 0.6 is 0 Å². The Hall–Kier alpha value is -2.89. The van der Waals surface area contributed by atoms with Gasteiger partial charge in [-0.1, -0.05) is 66.2 Å². The number of para-hydroxylation sites is 1. The van der Waals surface area contributed by atoms with Crippen LogP contribution < -0.4 is 4.72 Å². The molecule has 2 N–H and O–H groups in total. The Morgan fingerprint density at radius 1 is 0.893 bits per heavy atom. The molecule has 0 radical (unpaired) electrons. The van der Waals surface area contributed by atoms with E-state index < -0.39 is 10.0 Å². The molecule has 0 aliphatic heterocycles.